The van der Waals surface area contributed by atoms with E-state index < -0.39 is 11.8 Å². The van der Waals surface area contributed by atoms with Crippen LogP contribution in [0.1, 0.15) is 0 Å². The van der Waals surface area contributed by atoms with Gasteiger partial charge in [0.05, 0.1) is 12.3 Å². The molecule has 27 heavy (non-hydrogen) atoms. The molecule has 1 saturated heterocycles. The molecular weight excluding hydrogens is 362 g/mol. The summed E-state index contributed by atoms with van der Waals surface area (Å²) in [5.74, 6) is -1.13. The summed E-state index contributed by atoms with van der Waals surface area (Å²) in [5, 5.41) is 11.7. The van der Waals surface area contributed by atoms with Gasteiger partial charge in [0.2, 0.25) is 0 Å². The average Bonchev–Trinajstić information content (AvgIpc) is 2.70. The van der Waals surface area contributed by atoms with Gasteiger partial charge in [0.15, 0.2) is 0 Å². The average molecular weight is 385 g/mol. The van der Waals surface area contributed by atoms with E-state index in [2.05, 4.69) is 10.2 Å². The Morgan fingerprint density at radius 1 is 0.963 bits per heavy atom. The van der Waals surface area contributed by atoms with E-state index in [0.717, 1.165) is 9.79 Å². The molecule has 0 saturated carbocycles. The number of para-hydroxylation sites is 1. The highest BCUT2D eigenvalue weighted by Gasteiger charge is 2.26. The van der Waals surface area contributed by atoms with E-state index in [1.54, 1.807) is 11.0 Å². The van der Waals surface area contributed by atoms with Crippen molar-refractivity contribution in [1.29, 1.82) is 0 Å². The topological polar surface area (TPSA) is 72.9 Å². The van der Waals surface area contributed by atoms with Crippen LogP contribution in [0, 0.1) is 0 Å². The number of carbonyl (C=O) groups is 2. The Balaban J connectivity index is 1.62. The number of aliphatic hydroxyl groups excluding tert-OH is 1. The number of aliphatic hydroxyl groups is 1. The Hall–Kier alpha value is -2.35. The van der Waals surface area contributed by atoms with Crippen molar-refractivity contribution in [2.75, 3.05) is 44.6 Å². The van der Waals surface area contributed by atoms with Crippen LogP contribution in [0.4, 0.5) is 5.69 Å². The Labute approximate surface area is 163 Å². The predicted octanol–water partition coefficient (Wildman–Crippen LogP) is 1.91. The molecule has 0 atom stereocenters. The third-order valence-electron chi connectivity index (χ3n) is 4.38. The number of carbonyl (C=O) groups excluding carboxylic acids is 2. The number of amides is 2. The summed E-state index contributed by atoms with van der Waals surface area (Å²) in [7, 11) is 0. The summed E-state index contributed by atoms with van der Waals surface area (Å²) in [4.78, 5) is 30.5. The quantitative estimate of drug-likeness (QED) is 0.770. The van der Waals surface area contributed by atoms with Crippen LogP contribution >= 0.6 is 11.8 Å². The molecule has 0 spiro atoms. The number of benzene rings is 2. The maximum absolute atomic E-state index is 12.5. The van der Waals surface area contributed by atoms with Gasteiger partial charge in [-0.05, 0) is 24.3 Å². The summed E-state index contributed by atoms with van der Waals surface area (Å²) in [5.41, 5.74) is 0.628. The van der Waals surface area contributed by atoms with Gasteiger partial charge in [-0.1, -0.05) is 42.1 Å². The Morgan fingerprint density at radius 2 is 1.63 bits per heavy atom. The van der Waals surface area contributed by atoms with E-state index in [-0.39, 0.29) is 6.61 Å². The molecule has 2 aromatic carbocycles. The summed E-state index contributed by atoms with van der Waals surface area (Å²) in [6.45, 7) is 3.02. The molecule has 6 nitrogen and oxygen atoms in total. The molecule has 0 unspecified atom stereocenters. The van der Waals surface area contributed by atoms with Crippen LogP contribution in [0.3, 0.4) is 0 Å². The minimum atomic E-state index is -0.619. The first-order chi connectivity index (χ1) is 13.2. The van der Waals surface area contributed by atoms with Crippen LogP contribution in [-0.4, -0.2) is 66.1 Å². The molecule has 2 amide bonds. The standard InChI is InChI=1S/C20H23N3O3S/c24-15-14-22-10-12-23(13-11-22)20(26)19(25)21-17-8-4-5-9-18(17)27-16-6-2-1-3-7-16/h1-9,24H,10-15H2,(H,21,25). The minimum Gasteiger partial charge on any atom is -0.395 e. The van der Waals surface area contributed by atoms with Gasteiger partial charge in [0.1, 0.15) is 0 Å². The highest BCUT2D eigenvalue weighted by Crippen LogP contribution is 2.33. The lowest BCUT2D eigenvalue weighted by atomic mass is 10.3. The second-order valence-electron chi connectivity index (χ2n) is 6.22. The molecule has 1 aliphatic heterocycles. The first-order valence-corrected chi connectivity index (χ1v) is 9.74. The zero-order valence-electron chi connectivity index (χ0n) is 15.0. The van der Waals surface area contributed by atoms with Crippen LogP contribution in [-0.2, 0) is 9.59 Å². The summed E-state index contributed by atoms with van der Waals surface area (Å²) < 4.78 is 0. The number of β-amino-alcohol motifs (C(OH)–C–C–N with tert-alkyl or cyclic N) is 1. The molecule has 0 aliphatic carbocycles. The highest BCUT2D eigenvalue weighted by atomic mass is 32.2. The third kappa shape index (κ3) is 5.32. The normalized spacial score (nSPS) is 14.8. The Bertz CT molecular complexity index is 777. The fraction of sp³-hybridized carbons (Fsp3) is 0.300. The van der Waals surface area contributed by atoms with Gasteiger partial charge in [-0.3, -0.25) is 14.5 Å². The van der Waals surface area contributed by atoms with Gasteiger partial charge in [-0.15, -0.1) is 0 Å². The summed E-state index contributed by atoms with van der Waals surface area (Å²) in [6.07, 6.45) is 0. The number of nitrogens with one attached hydrogen (secondary N) is 1. The van der Waals surface area contributed by atoms with Crippen LogP contribution in [0.15, 0.2) is 64.4 Å². The zero-order chi connectivity index (χ0) is 19.1. The van der Waals surface area contributed by atoms with Crippen molar-refractivity contribution < 1.29 is 14.7 Å². The number of nitrogens with zero attached hydrogens (tertiary/aromatic N) is 2. The molecule has 1 aliphatic rings. The number of piperazine rings is 1. The molecule has 3 rings (SSSR count). The van der Waals surface area contributed by atoms with Crippen LogP contribution in [0.2, 0.25) is 0 Å². The van der Waals surface area contributed by atoms with Gasteiger partial charge in [-0.2, -0.15) is 0 Å². The van der Waals surface area contributed by atoms with E-state index in [9.17, 15) is 9.59 Å². The maximum Gasteiger partial charge on any atom is 0.313 e. The molecule has 1 heterocycles. The van der Waals surface area contributed by atoms with Crippen molar-refractivity contribution in [3.05, 3.63) is 54.6 Å². The largest absolute Gasteiger partial charge is 0.395 e. The third-order valence-corrected chi connectivity index (χ3v) is 5.46. The lowest BCUT2D eigenvalue weighted by Gasteiger charge is -2.33. The predicted molar refractivity (Wildman–Crippen MR) is 106 cm³/mol. The van der Waals surface area contributed by atoms with Crippen LogP contribution in [0.5, 0.6) is 0 Å². The van der Waals surface area contributed by atoms with E-state index >= 15 is 0 Å². The first kappa shape index (κ1) is 19.4. The highest BCUT2D eigenvalue weighted by molar-refractivity contribution is 7.99. The van der Waals surface area contributed by atoms with Crippen molar-refractivity contribution in [3.8, 4) is 0 Å². The molecule has 7 heteroatoms. The Morgan fingerprint density at radius 3 is 2.33 bits per heavy atom. The second kappa shape index (κ2) is 9.55. The molecule has 142 valence electrons. The van der Waals surface area contributed by atoms with Gasteiger partial charge >= 0.3 is 11.8 Å². The van der Waals surface area contributed by atoms with Crippen molar-refractivity contribution in [2.45, 2.75) is 9.79 Å². The monoisotopic (exact) mass is 385 g/mol. The van der Waals surface area contributed by atoms with Gasteiger partial charge in [0, 0.05) is 42.5 Å². The molecule has 0 radical (unpaired) electrons. The van der Waals surface area contributed by atoms with Gasteiger partial charge in [-0.25, -0.2) is 0 Å². The molecule has 1 fully saturated rings. The van der Waals surface area contributed by atoms with E-state index in [0.29, 0.717) is 38.4 Å². The lowest BCUT2D eigenvalue weighted by Crippen LogP contribution is -2.52. The molecule has 0 bridgehead atoms. The van der Waals surface area contributed by atoms with Crippen molar-refractivity contribution in [3.63, 3.8) is 0 Å². The second-order valence-corrected chi connectivity index (χ2v) is 7.34. The first-order valence-electron chi connectivity index (χ1n) is 8.93. The fourth-order valence-corrected chi connectivity index (χ4v) is 3.83. The number of anilines is 1. The van der Waals surface area contributed by atoms with Gasteiger partial charge < -0.3 is 15.3 Å². The van der Waals surface area contributed by atoms with Gasteiger partial charge in [0.25, 0.3) is 0 Å². The van der Waals surface area contributed by atoms with E-state index in [4.69, 9.17) is 5.11 Å². The molecular formula is C20H23N3O3S. The Kier molecular flexibility index (Phi) is 6.86. The van der Waals surface area contributed by atoms with E-state index in [1.807, 2.05) is 48.5 Å². The molecule has 0 aromatic heterocycles. The molecule has 2 N–H and O–H groups in total. The summed E-state index contributed by atoms with van der Waals surface area (Å²) >= 11 is 1.54. The smallest absolute Gasteiger partial charge is 0.313 e. The zero-order valence-corrected chi connectivity index (χ0v) is 15.8. The lowest BCUT2D eigenvalue weighted by molar-refractivity contribution is -0.144. The van der Waals surface area contributed by atoms with Crippen LogP contribution < -0.4 is 5.32 Å². The van der Waals surface area contributed by atoms with Crippen molar-refractivity contribution in [1.82, 2.24) is 9.80 Å². The van der Waals surface area contributed by atoms with Crippen molar-refractivity contribution >= 4 is 29.3 Å². The number of hydrogen-bond donors (Lipinski definition) is 2. The SMILES string of the molecule is O=C(Nc1ccccc1Sc1ccccc1)C(=O)N1CCN(CCO)CC1. The van der Waals surface area contributed by atoms with E-state index in [1.165, 1.54) is 11.8 Å². The number of rotatable bonds is 5. The fourth-order valence-electron chi connectivity index (χ4n) is 2.91. The number of hydrogen-bond acceptors (Lipinski definition) is 5. The van der Waals surface area contributed by atoms with Crippen LogP contribution in [0.25, 0.3) is 0 Å². The molecule has 2 aromatic rings. The maximum atomic E-state index is 12.5. The summed E-state index contributed by atoms with van der Waals surface area (Å²) in [6, 6.07) is 17.3. The van der Waals surface area contributed by atoms with Crippen molar-refractivity contribution in [2.24, 2.45) is 0 Å². The minimum absolute atomic E-state index is 0.101.